The summed E-state index contributed by atoms with van der Waals surface area (Å²) in [6, 6.07) is 12.8. The summed E-state index contributed by atoms with van der Waals surface area (Å²) in [5.74, 6) is 0.400. The molecule has 2 unspecified atom stereocenters. The zero-order chi connectivity index (χ0) is 22.9. The molecule has 33 heavy (non-hydrogen) atoms. The molecular formula is C24H26N6O3. The summed E-state index contributed by atoms with van der Waals surface area (Å²) in [6.45, 7) is 2.92. The molecule has 1 fully saturated rings. The number of aliphatic imine (C=N–C) groups is 1. The highest BCUT2D eigenvalue weighted by Gasteiger charge is 2.49. The molecule has 0 aliphatic carbocycles. The molecule has 5 rings (SSSR count). The standard InChI is InChI=1S/C24H26N6O3/c1-2-29-22-21(23(32)27-24(29)33)30(14-17-8-6-16(7-9-17)10-12-31)20(26-22)13-18-15-28-11-4-3-5-19(28)25-18/h3-9,11,15,21-22,31H,2,10,12-14H2,1H3,(H,27,32,33). The molecule has 3 amide bonds. The number of nitrogens with one attached hydrogen (secondary N) is 1. The predicted molar refractivity (Wildman–Crippen MR) is 123 cm³/mol. The molecule has 4 heterocycles. The van der Waals surface area contributed by atoms with E-state index in [4.69, 9.17) is 15.1 Å². The highest BCUT2D eigenvalue weighted by molar-refractivity contribution is 6.04. The van der Waals surface area contributed by atoms with E-state index in [1.54, 1.807) is 4.90 Å². The Morgan fingerprint density at radius 1 is 1.06 bits per heavy atom. The van der Waals surface area contributed by atoms with Gasteiger partial charge in [0.15, 0.2) is 12.2 Å². The number of likely N-dealkylation sites (N-methyl/N-ethyl adjacent to an activating group) is 1. The van der Waals surface area contributed by atoms with E-state index in [0.29, 0.717) is 25.9 Å². The number of imide groups is 1. The fourth-order valence-electron chi connectivity index (χ4n) is 4.55. The van der Waals surface area contributed by atoms with Gasteiger partial charge in [-0.25, -0.2) is 14.8 Å². The smallest absolute Gasteiger partial charge is 0.325 e. The van der Waals surface area contributed by atoms with Crippen LogP contribution in [0.1, 0.15) is 23.7 Å². The fraction of sp³-hybridized carbons (Fsp3) is 0.333. The number of urea groups is 1. The summed E-state index contributed by atoms with van der Waals surface area (Å²) < 4.78 is 1.96. The Balaban J connectivity index is 1.47. The lowest BCUT2D eigenvalue weighted by molar-refractivity contribution is -0.127. The summed E-state index contributed by atoms with van der Waals surface area (Å²) in [7, 11) is 0. The first-order valence-corrected chi connectivity index (χ1v) is 11.1. The summed E-state index contributed by atoms with van der Waals surface area (Å²) in [5.41, 5.74) is 3.76. The van der Waals surface area contributed by atoms with Crippen LogP contribution in [0.25, 0.3) is 5.65 Å². The van der Waals surface area contributed by atoms with E-state index in [1.165, 1.54) is 0 Å². The van der Waals surface area contributed by atoms with Crippen LogP contribution in [0.15, 0.2) is 59.9 Å². The van der Waals surface area contributed by atoms with Crippen molar-refractivity contribution in [3.8, 4) is 0 Å². The Morgan fingerprint density at radius 3 is 2.58 bits per heavy atom. The van der Waals surface area contributed by atoms with Crippen LogP contribution in [0.4, 0.5) is 4.79 Å². The Bertz CT molecular complexity index is 1190. The molecule has 9 heteroatoms. The quantitative estimate of drug-likeness (QED) is 0.574. The number of aromatic nitrogens is 2. The van der Waals surface area contributed by atoms with Gasteiger partial charge in [-0.15, -0.1) is 0 Å². The van der Waals surface area contributed by atoms with Crippen molar-refractivity contribution in [1.82, 2.24) is 24.5 Å². The van der Waals surface area contributed by atoms with Gasteiger partial charge < -0.3 is 14.4 Å². The number of rotatable bonds is 7. The number of carbonyl (C=O) groups excluding carboxylic acids is 2. The number of hydrogen-bond acceptors (Lipinski definition) is 6. The summed E-state index contributed by atoms with van der Waals surface area (Å²) in [5, 5.41) is 11.7. The maximum Gasteiger partial charge on any atom is 0.325 e. The van der Waals surface area contributed by atoms with Gasteiger partial charge in [-0.05, 0) is 36.6 Å². The molecule has 2 aliphatic rings. The minimum absolute atomic E-state index is 0.103. The number of amidine groups is 1. The second-order valence-corrected chi connectivity index (χ2v) is 8.28. The van der Waals surface area contributed by atoms with Crippen molar-refractivity contribution in [3.63, 3.8) is 0 Å². The topological polar surface area (TPSA) is 103 Å². The third kappa shape index (κ3) is 3.95. The van der Waals surface area contributed by atoms with Crippen LogP contribution in [0.5, 0.6) is 0 Å². The number of fused-ring (bicyclic) bond motifs is 2. The number of amides is 3. The van der Waals surface area contributed by atoms with Gasteiger partial charge in [0.2, 0.25) is 0 Å². The predicted octanol–water partition coefficient (Wildman–Crippen LogP) is 1.59. The van der Waals surface area contributed by atoms with Crippen LogP contribution in [-0.2, 0) is 24.2 Å². The van der Waals surface area contributed by atoms with E-state index in [9.17, 15) is 9.59 Å². The van der Waals surface area contributed by atoms with Crippen LogP contribution >= 0.6 is 0 Å². The van der Waals surface area contributed by atoms with Crippen LogP contribution in [-0.4, -0.2) is 67.4 Å². The van der Waals surface area contributed by atoms with E-state index in [0.717, 1.165) is 28.3 Å². The molecule has 2 atom stereocenters. The van der Waals surface area contributed by atoms with Gasteiger partial charge in [-0.3, -0.25) is 15.0 Å². The Morgan fingerprint density at radius 2 is 1.85 bits per heavy atom. The number of hydrogen-bond donors (Lipinski definition) is 2. The first-order chi connectivity index (χ1) is 16.1. The molecule has 0 radical (unpaired) electrons. The SMILES string of the molecule is CCN1C(=O)NC(=O)C2C1N=C(Cc1cn3ccccc3n1)N2Cc1ccc(CCO)cc1. The van der Waals surface area contributed by atoms with Gasteiger partial charge in [0, 0.05) is 38.5 Å². The van der Waals surface area contributed by atoms with Crippen LogP contribution < -0.4 is 5.32 Å². The zero-order valence-corrected chi connectivity index (χ0v) is 18.4. The summed E-state index contributed by atoms with van der Waals surface area (Å²) in [4.78, 5) is 38.4. The molecule has 0 spiro atoms. The minimum atomic E-state index is -0.591. The van der Waals surface area contributed by atoms with E-state index in [2.05, 4.69) is 5.32 Å². The van der Waals surface area contributed by atoms with E-state index < -0.39 is 18.2 Å². The number of benzene rings is 1. The Hall–Kier alpha value is -3.72. The van der Waals surface area contributed by atoms with Crippen molar-refractivity contribution < 1.29 is 14.7 Å². The molecule has 170 valence electrons. The van der Waals surface area contributed by atoms with Gasteiger partial charge in [0.05, 0.1) is 5.69 Å². The summed E-state index contributed by atoms with van der Waals surface area (Å²) >= 11 is 0. The minimum Gasteiger partial charge on any atom is -0.396 e. The van der Waals surface area contributed by atoms with Crippen molar-refractivity contribution in [2.24, 2.45) is 4.99 Å². The van der Waals surface area contributed by atoms with E-state index >= 15 is 0 Å². The first-order valence-electron chi connectivity index (χ1n) is 11.1. The molecule has 1 saturated heterocycles. The van der Waals surface area contributed by atoms with Crippen molar-refractivity contribution in [2.45, 2.75) is 38.5 Å². The molecule has 2 N–H and O–H groups in total. The maximum absolute atomic E-state index is 12.9. The highest BCUT2D eigenvalue weighted by atomic mass is 16.3. The van der Waals surface area contributed by atoms with Crippen LogP contribution in [0.2, 0.25) is 0 Å². The van der Waals surface area contributed by atoms with Gasteiger partial charge in [-0.2, -0.15) is 0 Å². The molecular weight excluding hydrogens is 420 g/mol. The van der Waals surface area contributed by atoms with Crippen molar-refractivity contribution >= 4 is 23.4 Å². The zero-order valence-electron chi connectivity index (χ0n) is 18.4. The number of imidazole rings is 1. The van der Waals surface area contributed by atoms with Gasteiger partial charge in [0.25, 0.3) is 5.91 Å². The summed E-state index contributed by atoms with van der Waals surface area (Å²) in [6.07, 6.45) is 4.40. The number of pyridine rings is 1. The van der Waals surface area contributed by atoms with E-state index in [1.807, 2.05) is 71.1 Å². The average Bonchev–Trinajstić information content (AvgIpc) is 3.37. The molecule has 1 aromatic carbocycles. The molecule has 2 aliphatic heterocycles. The number of carbonyl (C=O) groups is 2. The lowest BCUT2D eigenvalue weighted by atomic mass is 10.1. The molecule has 0 saturated carbocycles. The number of nitrogens with zero attached hydrogens (tertiary/aromatic N) is 5. The molecule has 2 aromatic heterocycles. The van der Waals surface area contributed by atoms with Crippen LogP contribution in [0, 0.1) is 0 Å². The molecule has 3 aromatic rings. The van der Waals surface area contributed by atoms with Crippen molar-refractivity contribution in [1.29, 1.82) is 0 Å². The number of aliphatic hydroxyl groups is 1. The maximum atomic E-state index is 12.9. The number of aliphatic hydroxyl groups excluding tert-OH is 1. The highest BCUT2D eigenvalue weighted by Crippen LogP contribution is 2.28. The van der Waals surface area contributed by atoms with Gasteiger partial charge in [0.1, 0.15) is 11.5 Å². The second kappa shape index (κ2) is 8.67. The normalized spacial score (nSPS) is 20.2. The largest absolute Gasteiger partial charge is 0.396 e. The monoisotopic (exact) mass is 446 g/mol. The van der Waals surface area contributed by atoms with Gasteiger partial charge >= 0.3 is 6.03 Å². The lowest BCUT2D eigenvalue weighted by Crippen LogP contribution is -2.64. The van der Waals surface area contributed by atoms with Crippen molar-refractivity contribution in [2.75, 3.05) is 13.2 Å². The third-order valence-corrected chi connectivity index (χ3v) is 6.18. The van der Waals surface area contributed by atoms with Crippen molar-refractivity contribution in [3.05, 3.63) is 71.7 Å². The van der Waals surface area contributed by atoms with E-state index in [-0.39, 0.29) is 12.5 Å². The van der Waals surface area contributed by atoms with Crippen LogP contribution in [0.3, 0.4) is 0 Å². The molecule has 9 nitrogen and oxygen atoms in total. The lowest BCUT2D eigenvalue weighted by Gasteiger charge is -2.37. The van der Waals surface area contributed by atoms with Gasteiger partial charge in [-0.1, -0.05) is 30.3 Å². The first kappa shape index (κ1) is 21.1. The Labute approximate surface area is 191 Å². The Kier molecular flexibility index (Phi) is 5.55. The third-order valence-electron chi connectivity index (χ3n) is 6.18. The average molecular weight is 447 g/mol. The fourth-order valence-corrected chi connectivity index (χ4v) is 4.55. The second-order valence-electron chi connectivity index (χ2n) is 8.28. The molecule has 0 bridgehead atoms.